The lowest BCUT2D eigenvalue weighted by Gasteiger charge is -2.18. The number of hydrogen-bond donors (Lipinski definition) is 2. The molecule has 1 aromatic heterocycles. The zero-order chi connectivity index (χ0) is 12.3. The standard InChI is InChI=1S/C12H16N4S/c1-8(13)11(10-6-4-3-5-7-10)17-12-14-9(2)15-16-12/h3-8,11H,13H2,1-2H3,(H,14,15,16). The van der Waals surface area contributed by atoms with E-state index in [1.165, 1.54) is 5.56 Å². The molecule has 0 amide bonds. The molecule has 0 aliphatic rings. The molecule has 0 aliphatic heterocycles. The number of nitrogens with one attached hydrogen (secondary N) is 1. The molecule has 90 valence electrons. The molecular formula is C12H16N4S. The molecule has 2 unspecified atom stereocenters. The van der Waals surface area contributed by atoms with Crippen molar-refractivity contribution in [3.05, 3.63) is 41.7 Å². The highest BCUT2D eigenvalue weighted by molar-refractivity contribution is 7.99. The number of aromatic nitrogens is 3. The topological polar surface area (TPSA) is 67.6 Å². The Balaban J connectivity index is 2.19. The first kappa shape index (κ1) is 12.1. The van der Waals surface area contributed by atoms with Gasteiger partial charge in [0.1, 0.15) is 5.82 Å². The van der Waals surface area contributed by atoms with Gasteiger partial charge in [-0.05, 0) is 19.4 Å². The number of thioether (sulfide) groups is 1. The minimum Gasteiger partial charge on any atom is -0.327 e. The zero-order valence-electron chi connectivity index (χ0n) is 9.92. The molecular weight excluding hydrogens is 232 g/mol. The van der Waals surface area contributed by atoms with Crippen LogP contribution in [0.15, 0.2) is 35.5 Å². The first-order valence-electron chi connectivity index (χ1n) is 5.53. The quantitative estimate of drug-likeness (QED) is 0.815. The molecule has 17 heavy (non-hydrogen) atoms. The third kappa shape index (κ3) is 3.08. The summed E-state index contributed by atoms with van der Waals surface area (Å²) in [4.78, 5) is 4.30. The molecule has 0 saturated heterocycles. The van der Waals surface area contributed by atoms with Crippen molar-refractivity contribution in [3.8, 4) is 0 Å². The summed E-state index contributed by atoms with van der Waals surface area (Å²) in [7, 11) is 0. The summed E-state index contributed by atoms with van der Waals surface area (Å²) >= 11 is 1.59. The van der Waals surface area contributed by atoms with E-state index in [-0.39, 0.29) is 11.3 Å². The van der Waals surface area contributed by atoms with Gasteiger partial charge in [0.15, 0.2) is 0 Å². The fourth-order valence-corrected chi connectivity index (χ4v) is 2.63. The second-order valence-electron chi connectivity index (χ2n) is 4.01. The molecule has 0 aliphatic carbocycles. The Morgan fingerprint density at radius 2 is 2.00 bits per heavy atom. The number of hydrogen-bond acceptors (Lipinski definition) is 4. The molecule has 1 aromatic carbocycles. The highest BCUT2D eigenvalue weighted by Gasteiger charge is 2.19. The fraction of sp³-hybridized carbons (Fsp3) is 0.333. The summed E-state index contributed by atoms with van der Waals surface area (Å²) in [5.74, 6) is 0.823. The molecule has 2 atom stereocenters. The third-order valence-corrected chi connectivity index (χ3v) is 3.76. The van der Waals surface area contributed by atoms with Crippen LogP contribution in [0.5, 0.6) is 0 Å². The van der Waals surface area contributed by atoms with Crippen LogP contribution in [0, 0.1) is 6.92 Å². The SMILES string of the molecule is Cc1nc(SC(c2ccccc2)C(C)N)n[nH]1. The number of aromatic amines is 1. The predicted octanol–water partition coefficient (Wildman–Crippen LogP) is 2.29. The Bertz CT molecular complexity index is 466. The first-order valence-corrected chi connectivity index (χ1v) is 6.41. The van der Waals surface area contributed by atoms with E-state index in [1.807, 2.05) is 32.0 Å². The number of benzene rings is 1. The van der Waals surface area contributed by atoms with Gasteiger partial charge in [-0.15, -0.1) is 5.10 Å². The second-order valence-corrected chi connectivity index (χ2v) is 5.12. The Morgan fingerprint density at radius 1 is 1.29 bits per heavy atom. The van der Waals surface area contributed by atoms with Gasteiger partial charge in [0.05, 0.1) is 5.25 Å². The highest BCUT2D eigenvalue weighted by atomic mass is 32.2. The lowest BCUT2D eigenvalue weighted by atomic mass is 10.1. The van der Waals surface area contributed by atoms with E-state index in [2.05, 4.69) is 27.3 Å². The maximum atomic E-state index is 6.04. The Morgan fingerprint density at radius 3 is 2.53 bits per heavy atom. The minimum atomic E-state index is 0.0428. The van der Waals surface area contributed by atoms with Crippen LogP contribution in [-0.2, 0) is 0 Å². The van der Waals surface area contributed by atoms with Crippen molar-refractivity contribution >= 4 is 11.8 Å². The van der Waals surface area contributed by atoms with Crippen LogP contribution in [0.3, 0.4) is 0 Å². The minimum absolute atomic E-state index is 0.0428. The molecule has 0 bridgehead atoms. The number of nitrogens with zero attached hydrogens (tertiary/aromatic N) is 2. The maximum Gasteiger partial charge on any atom is 0.209 e. The molecule has 2 rings (SSSR count). The van der Waals surface area contributed by atoms with Gasteiger partial charge in [0.25, 0.3) is 0 Å². The van der Waals surface area contributed by atoms with Crippen LogP contribution in [-0.4, -0.2) is 21.2 Å². The molecule has 4 nitrogen and oxygen atoms in total. The molecule has 3 N–H and O–H groups in total. The Hall–Kier alpha value is -1.33. The van der Waals surface area contributed by atoms with E-state index in [4.69, 9.17) is 5.73 Å². The average molecular weight is 248 g/mol. The van der Waals surface area contributed by atoms with E-state index in [0.29, 0.717) is 0 Å². The molecule has 2 aromatic rings. The smallest absolute Gasteiger partial charge is 0.209 e. The summed E-state index contributed by atoms with van der Waals surface area (Å²) in [6.45, 7) is 3.89. The van der Waals surface area contributed by atoms with Crippen molar-refractivity contribution in [3.63, 3.8) is 0 Å². The van der Waals surface area contributed by atoms with Gasteiger partial charge in [-0.1, -0.05) is 42.1 Å². The van der Waals surface area contributed by atoms with Crippen molar-refractivity contribution in [2.45, 2.75) is 30.3 Å². The molecule has 0 radical (unpaired) electrons. The van der Waals surface area contributed by atoms with E-state index in [1.54, 1.807) is 11.8 Å². The van der Waals surface area contributed by atoms with Gasteiger partial charge < -0.3 is 5.73 Å². The van der Waals surface area contributed by atoms with E-state index < -0.39 is 0 Å². The van der Waals surface area contributed by atoms with Crippen molar-refractivity contribution in [2.75, 3.05) is 0 Å². The molecule has 0 fully saturated rings. The van der Waals surface area contributed by atoms with E-state index in [9.17, 15) is 0 Å². The van der Waals surface area contributed by atoms with Crippen LogP contribution in [0.2, 0.25) is 0 Å². The monoisotopic (exact) mass is 248 g/mol. The van der Waals surface area contributed by atoms with Gasteiger partial charge in [0.2, 0.25) is 5.16 Å². The van der Waals surface area contributed by atoms with Crippen LogP contribution >= 0.6 is 11.8 Å². The van der Waals surface area contributed by atoms with Crippen LogP contribution < -0.4 is 5.73 Å². The Kier molecular flexibility index (Phi) is 3.81. The summed E-state index contributed by atoms with van der Waals surface area (Å²) in [5.41, 5.74) is 7.24. The lowest BCUT2D eigenvalue weighted by Crippen LogP contribution is -2.22. The number of H-pyrrole nitrogens is 1. The molecule has 5 heteroatoms. The molecule has 0 saturated carbocycles. The summed E-state index contributed by atoms with van der Waals surface area (Å²) in [6, 6.07) is 10.3. The highest BCUT2D eigenvalue weighted by Crippen LogP contribution is 2.35. The van der Waals surface area contributed by atoms with Gasteiger partial charge in [-0.3, -0.25) is 5.10 Å². The van der Waals surface area contributed by atoms with Crippen LogP contribution in [0.25, 0.3) is 0 Å². The van der Waals surface area contributed by atoms with Crippen LogP contribution in [0.1, 0.15) is 23.6 Å². The van der Waals surface area contributed by atoms with Crippen molar-refractivity contribution in [2.24, 2.45) is 5.73 Å². The van der Waals surface area contributed by atoms with Gasteiger partial charge in [-0.25, -0.2) is 4.98 Å². The van der Waals surface area contributed by atoms with Crippen molar-refractivity contribution in [1.82, 2.24) is 15.2 Å². The summed E-state index contributed by atoms with van der Waals surface area (Å²) < 4.78 is 0. The van der Waals surface area contributed by atoms with Crippen LogP contribution in [0.4, 0.5) is 0 Å². The number of rotatable bonds is 4. The van der Waals surface area contributed by atoms with Gasteiger partial charge in [0, 0.05) is 6.04 Å². The predicted molar refractivity (Wildman–Crippen MR) is 69.8 cm³/mol. The van der Waals surface area contributed by atoms with Crippen molar-refractivity contribution in [1.29, 1.82) is 0 Å². The summed E-state index contributed by atoms with van der Waals surface area (Å²) in [6.07, 6.45) is 0. The molecule has 1 heterocycles. The average Bonchev–Trinajstić information content (AvgIpc) is 2.73. The van der Waals surface area contributed by atoms with E-state index >= 15 is 0 Å². The normalized spacial score (nSPS) is 14.5. The largest absolute Gasteiger partial charge is 0.327 e. The maximum absolute atomic E-state index is 6.04. The van der Waals surface area contributed by atoms with Gasteiger partial charge >= 0.3 is 0 Å². The number of nitrogens with two attached hydrogens (primary N) is 1. The second kappa shape index (κ2) is 5.33. The third-order valence-electron chi connectivity index (χ3n) is 2.41. The zero-order valence-corrected chi connectivity index (χ0v) is 10.7. The number of aryl methyl sites for hydroxylation is 1. The fourth-order valence-electron chi connectivity index (χ4n) is 1.61. The lowest BCUT2D eigenvalue weighted by molar-refractivity contribution is 0.718. The van der Waals surface area contributed by atoms with Gasteiger partial charge in [-0.2, -0.15) is 0 Å². The van der Waals surface area contributed by atoms with Crippen molar-refractivity contribution < 1.29 is 0 Å². The summed E-state index contributed by atoms with van der Waals surface area (Å²) in [5, 5.41) is 7.89. The first-order chi connectivity index (χ1) is 8.16. The Labute approximate surface area is 105 Å². The molecule has 0 spiro atoms. The van der Waals surface area contributed by atoms with E-state index in [0.717, 1.165) is 11.0 Å².